The van der Waals surface area contributed by atoms with Gasteiger partial charge >= 0.3 is 0 Å². The Labute approximate surface area is 104 Å². The molecule has 2 fully saturated rings. The van der Waals surface area contributed by atoms with Gasteiger partial charge in [-0.25, -0.2) is 0 Å². The van der Waals surface area contributed by atoms with Crippen LogP contribution in [0.5, 0.6) is 0 Å². The van der Waals surface area contributed by atoms with Crippen molar-refractivity contribution < 1.29 is 4.79 Å². The molecule has 4 nitrogen and oxygen atoms in total. The van der Waals surface area contributed by atoms with E-state index in [1.807, 2.05) is 4.90 Å². The van der Waals surface area contributed by atoms with E-state index in [-0.39, 0.29) is 0 Å². The normalized spacial score (nSPS) is 22.5. The first-order valence-corrected chi connectivity index (χ1v) is 7.04. The molecule has 2 heterocycles. The van der Waals surface area contributed by atoms with Crippen LogP contribution < -0.4 is 5.32 Å². The minimum atomic E-state index is 0.366. The van der Waals surface area contributed by atoms with Gasteiger partial charge in [0.25, 0.3) is 0 Å². The Balaban J connectivity index is 1.62. The molecule has 0 saturated carbocycles. The molecule has 2 aliphatic heterocycles. The van der Waals surface area contributed by atoms with E-state index in [2.05, 4.69) is 17.1 Å². The van der Waals surface area contributed by atoms with Crippen LogP contribution in [0.2, 0.25) is 0 Å². The van der Waals surface area contributed by atoms with Gasteiger partial charge in [0.1, 0.15) is 0 Å². The van der Waals surface area contributed by atoms with Gasteiger partial charge in [-0.15, -0.1) is 0 Å². The zero-order valence-electron chi connectivity index (χ0n) is 11.0. The molecule has 2 rings (SSSR count). The number of nitrogens with zero attached hydrogens (tertiary/aromatic N) is 2. The van der Waals surface area contributed by atoms with Gasteiger partial charge in [0, 0.05) is 51.7 Å². The van der Waals surface area contributed by atoms with Crippen molar-refractivity contribution in [3.8, 4) is 0 Å². The molecule has 0 unspecified atom stereocenters. The van der Waals surface area contributed by atoms with E-state index in [0.717, 1.165) is 52.1 Å². The van der Waals surface area contributed by atoms with Crippen molar-refractivity contribution in [2.24, 2.45) is 0 Å². The predicted molar refractivity (Wildman–Crippen MR) is 69.0 cm³/mol. The van der Waals surface area contributed by atoms with Crippen molar-refractivity contribution in [3.05, 3.63) is 0 Å². The van der Waals surface area contributed by atoms with E-state index in [9.17, 15) is 4.79 Å². The summed E-state index contributed by atoms with van der Waals surface area (Å²) >= 11 is 0. The number of rotatable bonds is 5. The number of piperazine rings is 1. The molecule has 98 valence electrons. The molecular formula is C13H25N3O. The number of nitrogens with one attached hydrogen (secondary N) is 1. The minimum Gasteiger partial charge on any atom is -0.339 e. The molecule has 0 aromatic heterocycles. The summed E-state index contributed by atoms with van der Waals surface area (Å²) in [6.45, 7) is 8.58. The number of amides is 1. The smallest absolute Gasteiger partial charge is 0.222 e. The number of likely N-dealkylation sites (tertiary alicyclic amines) is 1. The first-order chi connectivity index (χ1) is 8.31. The number of carbonyl (C=O) groups excluding carboxylic acids is 1. The summed E-state index contributed by atoms with van der Waals surface area (Å²) in [6.07, 6.45) is 4.18. The monoisotopic (exact) mass is 239 g/mol. The van der Waals surface area contributed by atoms with E-state index < -0.39 is 0 Å². The van der Waals surface area contributed by atoms with Crippen LogP contribution in [0.4, 0.5) is 0 Å². The molecule has 0 atom stereocenters. The highest BCUT2D eigenvalue weighted by molar-refractivity contribution is 5.77. The van der Waals surface area contributed by atoms with Crippen LogP contribution in [0.15, 0.2) is 0 Å². The van der Waals surface area contributed by atoms with E-state index >= 15 is 0 Å². The zero-order chi connectivity index (χ0) is 12.1. The molecule has 1 amide bonds. The first-order valence-electron chi connectivity index (χ1n) is 7.04. The average molecular weight is 239 g/mol. The van der Waals surface area contributed by atoms with E-state index in [1.165, 1.54) is 12.8 Å². The third-order valence-corrected chi connectivity index (χ3v) is 3.88. The summed E-state index contributed by atoms with van der Waals surface area (Å²) in [4.78, 5) is 16.4. The van der Waals surface area contributed by atoms with E-state index in [0.29, 0.717) is 11.9 Å². The van der Waals surface area contributed by atoms with Gasteiger partial charge in [-0.3, -0.25) is 9.69 Å². The van der Waals surface area contributed by atoms with Crippen molar-refractivity contribution in [1.29, 1.82) is 0 Å². The van der Waals surface area contributed by atoms with Crippen LogP contribution in [0.25, 0.3) is 0 Å². The largest absolute Gasteiger partial charge is 0.339 e. The fourth-order valence-corrected chi connectivity index (χ4v) is 2.62. The molecule has 0 aromatic carbocycles. The van der Waals surface area contributed by atoms with Crippen LogP contribution >= 0.6 is 0 Å². The van der Waals surface area contributed by atoms with Crippen molar-refractivity contribution in [2.75, 3.05) is 39.3 Å². The Morgan fingerprint density at radius 3 is 2.59 bits per heavy atom. The Kier molecular flexibility index (Phi) is 4.80. The summed E-state index contributed by atoms with van der Waals surface area (Å²) in [6, 6.07) is 0.632. The molecule has 2 saturated heterocycles. The maximum atomic E-state index is 11.8. The molecule has 0 aliphatic carbocycles. The van der Waals surface area contributed by atoms with Gasteiger partial charge in [-0.1, -0.05) is 19.8 Å². The van der Waals surface area contributed by atoms with Crippen LogP contribution in [0, 0.1) is 0 Å². The molecule has 0 aromatic rings. The minimum absolute atomic E-state index is 0.366. The van der Waals surface area contributed by atoms with Crippen molar-refractivity contribution in [1.82, 2.24) is 15.1 Å². The fraction of sp³-hybridized carbons (Fsp3) is 0.923. The molecule has 0 spiro atoms. The second-order valence-electron chi connectivity index (χ2n) is 5.20. The number of unbranched alkanes of at least 4 members (excludes halogenated alkanes) is 2. The molecule has 0 radical (unpaired) electrons. The zero-order valence-corrected chi connectivity index (χ0v) is 11.0. The van der Waals surface area contributed by atoms with Gasteiger partial charge < -0.3 is 10.2 Å². The van der Waals surface area contributed by atoms with Gasteiger partial charge in [-0.2, -0.15) is 0 Å². The third kappa shape index (κ3) is 3.42. The Morgan fingerprint density at radius 2 is 1.94 bits per heavy atom. The van der Waals surface area contributed by atoms with Gasteiger partial charge in [0.2, 0.25) is 5.91 Å². The van der Waals surface area contributed by atoms with Crippen molar-refractivity contribution in [3.63, 3.8) is 0 Å². The molecule has 17 heavy (non-hydrogen) atoms. The molecule has 2 aliphatic rings. The Morgan fingerprint density at radius 1 is 1.24 bits per heavy atom. The lowest BCUT2D eigenvalue weighted by atomic mass is 10.0. The summed E-state index contributed by atoms with van der Waals surface area (Å²) in [5, 5.41) is 3.36. The maximum absolute atomic E-state index is 11.8. The maximum Gasteiger partial charge on any atom is 0.222 e. The highest BCUT2D eigenvalue weighted by Gasteiger charge is 2.34. The third-order valence-electron chi connectivity index (χ3n) is 3.88. The van der Waals surface area contributed by atoms with Crippen LogP contribution in [0.3, 0.4) is 0 Å². The SMILES string of the molecule is CCCCCC(=O)N1CC(N2CCNCC2)C1. The topological polar surface area (TPSA) is 35.6 Å². The van der Waals surface area contributed by atoms with Gasteiger partial charge in [0.15, 0.2) is 0 Å². The molecule has 0 bridgehead atoms. The first kappa shape index (κ1) is 12.8. The Hall–Kier alpha value is -0.610. The second-order valence-corrected chi connectivity index (χ2v) is 5.20. The fourth-order valence-electron chi connectivity index (χ4n) is 2.62. The van der Waals surface area contributed by atoms with Gasteiger partial charge in [-0.05, 0) is 6.42 Å². The highest BCUT2D eigenvalue weighted by Crippen LogP contribution is 2.17. The lowest BCUT2D eigenvalue weighted by Crippen LogP contribution is -2.63. The van der Waals surface area contributed by atoms with Crippen LogP contribution in [0.1, 0.15) is 32.6 Å². The molecule has 1 N–H and O–H groups in total. The lowest BCUT2D eigenvalue weighted by molar-refractivity contribution is -0.138. The van der Waals surface area contributed by atoms with Crippen LogP contribution in [-0.4, -0.2) is 61.0 Å². The molecule has 4 heteroatoms. The number of hydrogen-bond acceptors (Lipinski definition) is 3. The summed E-state index contributed by atoms with van der Waals surface area (Å²) in [5.74, 6) is 0.366. The van der Waals surface area contributed by atoms with E-state index in [1.54, 1.807) is 0 Å². The summed E-state index contributed by atoms with van der Waals surface area (Å²) in [5.41, 5.74) is 0. The van der Waals surface area contributed by atoms with Crippen LogP contribution in [-0.2, 0) is 4.79 Å². The van der Waals surface area contributed by atoms with Crippen molar-refractivity contribution >= 4 is 5.91 Å². The lowest BCUT2D eigenvalue weighted by Gasteiger charge is -2.46. The average Bonchev–Trinajstić information content (AvgIpc) is 2.29. The predicted octanol–water partition coefficient (Wildman–Crippen LogP) is 0.683. The second kappa shape index (κ2) is 6.36. The van der Waals surface area contributed by atoms with Gasteiger partial charge in [0.05, 0.1) is 0 Å². The molecular weight excluding hydrogens is 214 g/mol. The van der Waals surface area contributed by atoms with E-state index in [4.69, 9.17) is 0 Å². The standard InChI is InChI=1S/C13H25N3O/c1-2-3-4-5-13(17)16-10-12(11-16)15-8-6-14-7-9-15/h12,14H,2-11H2,1H3. The summed E-state index contributed by atoms with van der Waals surface area (Å²) < 4.78 is 0. The Bertz CT molecular complexity index is 245. The quantitative estimate of drug-likeness (QED) is 0.717. The summed E-state index contributed by atoms with van der Waals surface area (Å²) in [7, 11) is 0. The van der Waals surface area contributed by atoms with Crippen molar-refractivity contribution in [2.45, 2.75) is 38.6 Å². The highest BCUT2D eigenvalue weighted by atomic mass is 16.2. The number of hydrogen-bond donors (Lipinski definition) is 1. The number of carbonyl (C=O) groups is 1.